The van der Waals surface area contributed by atoms with Crippen LogP contribution in [-0.4, -0.2) is 12.1 Å². The van der Waals surface area contributed by atoms with Gasteiger partial charge in [-0.3, -0.25) is 0 Å². The van der Waals surface area contributed by atoms with Gasteiger partial charge in [-0.1, -0.05) is 44.5 Å². The van der Waals surface area contributed by atoms with Gasteiger partial charge in [-0.2, -0.15) is 0 Å². The minimum absolute atomic E-state index is 0.497. The Morgan fingerprint density at radius 1 is 1.11 bits per heavy atom. The van der Waals surface area contributed by atoms with Gasteiger partial charge in [-0.15, -0.1) is 0 Å². The molecule has 18 heavy (non-hydrogen) atoms. The van der Waals surface area contributed by atoms with Gasteiger partial charge in [0.05, 0.1) is 0 Å². The van der Waals surface area contributed by atoms with E-state index in [-0.39, 0.29) is 0 Å². The van der Waals surface area contributed by atoms with Gasteiger partial charge in [0.25, 0.3) is 0 Å². The quantitative estimate of drug-likeness (QED) is 0.835. The third kappa shape index (κ3) is 2.33. The molecule has 1 heteroatoms. The predicted octanol–water partition coefficient (Wildman–Crippen LogP) is 3.71. The Bertz CT molecular complexity index is 421. The van der Waals surface area contributed by atoms with Crippen molar-refractivity contribution in [2.75, 3.05) is 0 Å². The maximum Gasteiger partial charge on any atom is 0.0121 e. The van der Waals surface area contributed by atoms with Gasteiger partial charge in [0, 0.05) is 12.1 Å². The molecule has 0 spiro atoms. The van der Waals surface area contributed by atoms with Gasteiger partial charge in [0.15, 0.2) is 0 Å². The fourth-order valence-corrected chi connectivity index (χ4v) is 3.76. The fourth-order valence-electron chi connectivity index (χ4n) is 3.76. The van der Waals surface area contributed by atoms with Crippen LogP contribution in [-0.2, 0) is 12.8 Å². The smallest absolute Gasteiger partial charge is 0.0121 e. The van der Waals surface area contributed by atoms with Crippen LogP contribution >= 0.6 is 0 Å². The van der Waals surface area contributed by atoms with Gasteiger partial charge >= 0.3 is 0 Å². The minimum atomic E-state index is 0.497. The van der Waals surface area contributed by atoms with E-state index >= 15 is 0 Å². The molecule has 0 radical (unpaired) electrons. The van der Waals surface area contributed by atoms with E-state index in [1.807, 2.05) is 0 Å². The molecule has 0 heterocycles. The minimum Gasteiger partial charge on any atom is -0.310 e. The van der Waals surface area contributed by atoms with Crippen LogP contribution in [0.5, 0.6) is 0 Å². The third-order valence-electron chi connectivity index (χ3n) is 5.04. The summed E-state index contributed by atoms with van der Waals surface area (Å²) >= 11 is 0. The normalized spacial score (nSPS) is 30.1. The highest BCUT2D eigenvalue weighted by Crippen LogP contribution is 2.38. The van der Waals surface area contributed by atoms with Crippen molar-refractivity contribution < 1.29 is 0 Å². The highest BCUT2D eigenvalue weighted by molar-refractivity contribution is 5.30. The van der Waals surface area contributed by atoms with Crippen LogP contribution in [0.4, 0.5) is 0 Å². The predicted molar refractivity (Wildman–Crippen MR) is 76.8 cm³/mol. The lowest BCUT2D eigenvalue weighted by Gasteiger charge is -2.34. The molecule has 1 aromatic rings. The van der Waals surface area contributed by atoms with E-state index in [1.165, 1.54) is 38.5 Å². The van der Waals surface area contributed by atoms with Crippen molar-refractivity contribution in [1.29, 1.82) is 0 Å². The van der Waals surface area contributed by atoms with E-state index in [0.29, 0.717) is 11.5 Å². The lowest BCUT2D eigenvalue weighted by molar-refractivity contribution is 0.252. The molecule has 1 aromatic carbocycles. The van der Waals surface area contributed by atoms with Crippen LogP contribution in [0, 0.1) is 5.41 Å². The molecule has 2 aliphatic carbocycles. The Hall–Kier alpha value is -0.820. The average molecular weight is 243 g/mol. The molecule has 1 fully saturated rings. The van der Waals surface area contributed by atoms with E-state index in [4.69, 9.17) is 0 Å². The molecular weight excluding hydrogens is 218 g/mol. The zero-order chi connectivity index (χ0) is 12.6. The second-order valence-corrected chi connectivity index (χ2v) is 6.81. The summed E-state index contributed by atoms with van der Waals surface area (Å²) in [6.07, 6.45) is 7.93. The zero-order valence-electron chi connectivity index (χ0n) is 11.7. The number of hydrogen-bond donors (Lipinski definition) is 1. The molecule has 1 saturated carbocycles. The molecule has 0 aromatic heterocycles. The van der Waals surface area contributed by atoms with Crippen LogP contribution in [0.1, 0.15) is 50.7 Å². The van der Waals surface area contributed by atoms with Crippen LogP contribution < -0.4 is 5.32 Å². The molecule has 0 amide bonds. The Morgan fingerprint density at radius 3 is 2.61 bits per heavy atom. The molecule has 0 saturated heterocycles. The second kappa shape index (κ2) is 4.70. The summed E-state index contributed by atoms with van der Waals surface area (Å²) < 4.78 is 0. The van der Waals surface area contributed by atoms with Crippen LogP contribution in [0.2, 0.25) is 0 Å². The molecule has 1 N–H and O–H groups in total. The maximum absolute atomic E-state index is 3.95. The summed E-state index contributed by atoms with van der Waals surface area (Å²) in [7, 11) is 0. The van der Waals surface area contributed by atoms with E-state index in [1.54, 1.807) is 11.1 Å². The molecule has 1 nitrogen and oxygen atoms in total. The highest BCUT2D eigenvalue weighted by atomic mass is 15.0. The Labute approximate surface area is 111 Å². The summed E-state index contributed by atoms with van der Waals surface area (Å²) in [4.78, 5) is 0. The summed E-state index contributed by atoms with van der Waals surface area (Å²) in [5, 5.41) is 3.95. The molecule has 2 atom stereocenters. The molecule has 2 aliphatic rings. The van der Waals surface area contributed by atoms with Crippen molar-refractivity contribution in [1.82, 2.24) is 5.32 Å². The highest BCUT2D eigenvalue weighted by Gasteiger charge is 2.35. The Kier molecular flexibility index (Phi) is 3.19. The number of rotatable bonds is 2. The lowest BCUT2D eigenvalue weighted by Crippen LogP contribution is -2.46. The van der Waals surface area contributed by atoms with E-state index in [2.05, 4.69) is 43.4 Å². The van der Waals surface area contributed by atoms with Crippen LogP contribution in [0.25, 0.3) is 0 Å². The molecular formula is C17H25N. The monoisotopic (exact) mass is 243 g/mol. The standard InChI is InChI=1S/C17H25N/c1-17(2)11-5-8-16(17)18-15-10-9-13-6-3-4-7-14(13)12-15/h3-4,6-7,15-16,18H,5,8-12H2,1-2H3. The van der Waals surface area contributed by atoms with Gasteiger partial charge in [-0.25, -0.2) is 0 Å². The van der Waals surface area contributed by atoms with E-state index in [9.17, 15) is 0 Å². The number of hydrogen-bond acceptors (Lipinski definition) is 1. The van der Waals surface area contributed by atoms with Gasteiger partial charge < -0.3 is 5.32 Å². The molecule has 2 unspecified atom stereocenters. The van der Waals surface area contributed by atoms with Crippen molar-refractivity contribution in [2.45, 2.75) is 64.5 Å². The molecule has 3 rings (SSSR count). The summed E-state index contributed by atoms with van der Waals surface area (Å²) in [5.74, 6) is 0. The number of fused-ring (bicyclic) bond motifs is 1. The van der Waals surface area contributed by atoms with Crippen molar-refractivity contribution in [3.63, 3.8) is 0 Å². The maximum atomic E-state index is 3.95. The number of aryl methyl sites for hydroxylation is 1. The SMILES string of the molecule is CC1(C)CCCC1NC1CCc2ccccc2C1. The van der Waals surface area contributed by atoms with Gasteiger partial charge in [0.1, 0.15) is 0 Å². The summed E-state index contributed by atoms with van der Waals surface area (Å²) in [5.41, 5.74) is 3.63. The van der Waals surface area contributed by atoms with E-state index in [0.717, 1.165) is 6.04 Å². The topological polar surface area (TPSA) is 12.0 Å². The van der Waals surface area contributed by atoms with Crippen LogP contribution in [0.15, 0.2) is 24.3 Å². The first kappa shape index (κ1) is 12.2. The van der Waals surface area contributed by atoms with E-state index < -0.39 is 0 Å². The first-order valence-corrected chi connectivity index (χ1v) is 7.48. The zero-order valence-corrected chi connectivity index (χ0v) is 11.7. The van der Waals surface area contributed by atoms with Crippen molar-refractivity contribution >= 4 is 0 Å². The fraction of sp³-hybridized carbons (Fsp3) is 0.647. The first-order valence-electron chi connectivity index (χ1n) is 7.48. The number of benzene rings is 1. The van der Waals surface area contributed by atoms with Crippen LogP contribution in [0.3, 0.4) is 0 Å². The lowest BCUT2D eigenvalue weighted by atomic mass is 9.84. The van der Waals surface area contributed by atoms with Crippen molar-refractivity contribution in [3.8, 4) is 0 Å². The Balaban J connectivity index is 1.66. The van der Waals surface area contributed by atoms with Gasteiger partial charge in [-0.05, 0) is 48.6 Å². The molecule has 0 aliphatic heterocycles. The third-order valence-corrected chi connectivity index (χ3v) is 5.04. The number of nitrogens with one attached hydrogen (secondary N) is 1. The molecule has 98 valence electrons. The average Bonchev–Trinajstić information content (AvgIpc) is 2.69. The second-order valence-electron chi connectivity index (χ2n) is 6.81. The van der Waals surface area contributed by atoms with Crippen molar-refractivity contribution in [2.24, 2.45) is 5.41 Å². The largest absolute Gasteiger partial charge is 0.310 e. The van der Waals surface area contributed by atoms with Crippen molar-refractivity contribution in [3.05, 3.63) is 35.4 Å². The van der Waals surface area contributed by atoms with Gasteiger partial charge in [0.2, 0.25) is 0 Å². The summed E-state index contributed by atoms with van der Waals surface area (Å²) in [6.45, 7) is 4.85. The summed E-state index contributed by atoms with van der Waals surface area (Å²) in [6, 6.07) is 10.4. The Morgan fingerprint density at radius 2 is 1.89 bits per heavy atom. The first-order chi connectivity index (χ1) is 8.65. The molecule has 0 bridgehead atoms.